The summed E-state index contributed by atoms with van der Waals surface area (Å²) in [5.74, 6) is 0.650. The molecule has 17 heavy (non-hydrogen) atoms. The summed E-state index contributed by atoms with van der Waals surface area (Å²) in [6.07, 6.45) is 1.95. The van der Waals surface area contributed by atoms with Crippen LogP contribution < -0.4 is 4.74 Å². The van der Waals surface area contributed by atoms with Gasteiger partial charge in [-0.1, -0.05) is 12.1 Å². The third-order valence-corrected chi connectivity index (χ3v) is 2.36. The second kappa shape index (κ2) is 4.69. The lowest BCUT2D eigenvalue weighted by atomic mass is 10.2. The summed E-state index contributed by atoms with van der Waals surface area (Å²) in [6.45, 7) is 0.471. The van der Waals surface area contributed by atoms with E-state index in [9.17, 15) is 9.90 Å². The molecule has 1 aromatic carbocycles. The molecule has 0 saturated carbocycles. The Kier molecular flexibility index (Phi) is 3.09. The highest BCUT2D eigenvalue weighted by molar-refractivity contribution is 5.75. The van der Waals surface area contributed by atoms with Gasteiger partial charge in [-0.3, -0.25) is 9.48 Å². The first kappa shape index (κ1) is 11.2. The van der Waals surface area contributed by atoms with E-state index in [2.05, 4.69) is 5.10 Å². The van der Waals surface area contributed by atoms with Crippen LogP contribution in [0.1, 0.15) is 16.1 Å². The molecule has 0 aliphatic rings. The van der Waals surface area contributed by atoms with Crippen molar-refractivity contribution in [3.8, 4) is 11.5 Å². The number of aromatic nitrogens is 2. The zero-order valence-electron chi connectivity index (χ0n) is 9.33. The molecular weight excluding hydrogens is 220 g/mol. The van der Waals surface area contributed by atoms with Gasteiger partial charge >= 0.3 is 0 Å². The Hall–Kier alpha value is -2.30. The Morgan fingerprint density at radius 2 is 2.35 bits per heavy atom. The van der Waals surface area contributed by atoms with E-state index in [4.69, 9.17) is 4.74 Å². The zero-order valence-corrected chi connectivity index (χ0v) is 9.33. The Morgan fingerprint density at radius 3 is 3.00 bits per heavy atom. The Balaban J connectivity index is 2.21. The molecule has 0 amide bonds. The van der Waals surface area contributed by atoms with E-state index in [1.54, 1.807) is 7.11 Å². The number of hydrogen-bond donors (Lipinski definition) is 1. The quantitative estimate of drug-likeness (QED) is 0.810. The average Bonchev–Trinajstić information content (AvgIpc) is 2.69. The SMILES string of the molecule is COc1cccc(Cn2cc(O)c(C=O)n2)c1. The van der Waals surface area contributed by atoms with Gasteiger partial charge in [0.25, 0.3) is 0 Å². The number of nitrogens with zero attached hydrogens (tertiary/aromatic N) is 2. The third-order valence-electron chi connectivity index (χ3n) is 2.36. The summed E-state index contributed by atoms with van der Waals surface area (Å²) < 4.78 is 6.62. The standard InChI is InChI=1S/C12H12N2O3/c1-17-10-4-2-3-9(5-10)6-14-7-12(16)11(8-15)13-14/h2-5,7-8,16H,6H2,1H3. The van der Waals surface area contributed by atoms with Crippen molar-refractivity contribution >= 4 is 6.29 Å². The van der Waals surface area contributed by atoms with Crippen LogP contribution in [0.25, 0.3) is 0 Å². The molecule has 0 bridgehead atoms. The number of methoxy groups -OCH3 is 1. The molecule has 1 heterocycles. The van der Waals surface area contributed by atoms with Crippen molar-refractivity contribution in [2.75, 3.05) is 7.11 Å². The minimum Gasteiger partial charge on any atom is -0.504 e. The van der Waals surface area contributed by atoms with Crippen LogP contribution in [0, 0.1) is 0 Å². The van der Waals surface area contributed by atoms with Gasteiger partial charge in [0.05, 0.1) is 19.9 Å². The maximum atomic E-state index is 10.5. The van der Waals surface area contributed by atoms with Crippen molar-refractivity contribution in [3.63, 3.8) is 0 Å². The first-order valence-electron chi connectivity index (χ1n) is 5.07. The predicted octanol–water partition coefficient (Wildman–Crippen LogP) is 1.46. The fourth-order valence-electron chi connectivity index (χ4n) is 1.55. The molecule has 5 nitrogen and oxygen atoms in total. The average molecular weight is 232 g/mol. The molecule has 0 aliphatic carbocycles. The highest BCUT2D eigenvalue weighted by Gasteiger charge is 2.06. The number of hydrogen-bond acceptors (Lipinski definition) is 4. The lowest BCUT2D eigenvalue weighted by Gasteiger charge is -2.04. The van der Waals surface area contributed by atoms with Gasteiger partial charge in [0.1, 0.15) is 5.75 Å². The van der Waals surface area contributed by atoms with Crippen LogP contribution in [-0.2, 0) is 6.54 Å². The summed E-state index contributed by atoms with van der Waals surface area (Å²) in [7, 11) is 1.60. The van der Waals surface area contributed by atoms with E-state index in [0.717, 1.165) is 11.3 Å². The van der Waals surface area contributed by atoms with Gasteiger partial charge in [-0.25, -0.2) is 0 Å². The van der Waals surface area contributed by atoms with E-state index in [1.807, 2.05) is 24.3 Å². The van der Waals surface area contributed by atoms with E-state index in [1.165, 1.54) is 10.9 Å². The molecule has 0 saturated heterocycles. The van der Waals surface area contributed by atoms with Crippen LogP contribution in [0.5, 0.6) is 11.5 Å². The molecule has 0 atom stereocenters. The van der Waals surface area contributed by atoms with Crippen LogP contribution in [0.2, 0.25) is 0 Å². The van der Waals surface area contributed by atoms with Crippen molar-refractivity contribution in [3.05, 3.63) is 41.7 Å². The number of carbonyl (C=O) groups excluding carboxylic acids is 1. The fraction of sp³-hybridized carbons (Fsp3) is 0.167. The lowest BCUT2D eigenvalue weighted by Crippen LogP contribution is -2.01. The molecule has 2 aromatic rings. The minimum absolute atomic E-state index is 0.0490. The van der Waals surface area contributed by atoms with Gasteiger partial charge in [-0.05, 0) is 17.7 Å². The monoisotopic (exact) mass is 232 g/mol. The fourth-order valence-corrected chi connectivity index (χ4v) is 1.55. The van der Waals surface area contributed by atoms with Gasteiger partial charge < -0.3 is 9.84 Å². The van der Waals surface area contributed by atoms with Crippen molar-refractivity contribution in [1.82, 2.24) is 9.78 Å². The third kappa shape index (κ3) is 2.44. The second-order valence-electron chi connectivity index (χ2n) is 3.57. The van der Waals surface area contributed by atoms with Crippen molar-refractivity contribution in [2.45, 2.75) is 6.54 Å². The van der Waals surface area contributed by atoms with E-state index in [-0.39, 0.29) is 11.4 Å². The molecule has 0 fully saturated rings. The highest BCUT2D eigenvalue weighted by Crippen LogP contribution is 2.16. The molecule has 0 aliphatic heterocycles. The predicted molar refractivity (Wildman–Crippen MR) is 61.4 cm³/mol. The molecule has 2 rings (SSSR count). The van der Waals surface area contributed by atoms with Crippen LogP contribution in [0.4, 0.5) is 0 Å². The molecule has 0 unspecified atom stereocenters. The first-order chi connectivity index (χ1) is 8.22. The molecular formula is C12H12N2O3. The number of carbonyl (C=O) groups is 1. The molecule has 88 valence electrons. The van der Waals surface area contributed by atoms with Crippen LogP contribution in [0.3, 0.4) is 0 Å². The Bertz CT molecular complexity index is 534. The number of aromatic hydroxyl groups is 1. The molecule has 0 spiro atoms. The zero-order chi connectivity index (χ0) is 12.3. The smallest absolute Gasteiger partial charge is 0.174 e. The largest absolute Gasteiger partial charge is 0.504 e. The topological polar surface area (TPSA) is 64.3 Å². The van der Waals surface area contributed by atoms with Crippen molar-refractivity contribution < 1.29 is 14.6 Å². The summed E-state index contributed by atoms with van der Waals surface area (Å²) in [4.78, 5) is 10.5. The normalized spacial score (nSPS) is 10.2. The Labute approximate surface area is 98.3 Å². The summed E-state index contributed by atoms with van der Waals surface area (Å²) in [5, 5.41) is 13.3. The number of rotatable bonds is 4. The molecule has 0 radical (unpaired) electrons. The number of ether oxygens (including phenoxy) is 1. The summed E-state index contributed by atoms with van der Waals surface area (Å²) >= 11 is 0. The van der Waals surface area contributed by atoms with Crippen molar-refractivity contribution in [2.24, 2.45) is 0 Å². The van der Waals surface area contributed by atoms with Gasteiger partial charge in [0.2, 0.25) is 0 Å². The minimum atomic E-state index is -0.108. The van der Waals surface area contributed by atoms with E-state index >= 15 is 0 Å². The number of aldehydes is 1. The molecule has 1 N–H and O–H groups in total. The summed E-state index contributed by atoms with van der Waals surface area (Å²) in [6, 6.07) is 7.51. The first-order valence-corrected chi connectivity index (χ1v) is 5.07. The second-order valence-corrected chi connectivity index (χ2v) is 3.57. The van der Waals surface area contributed by atoms with Gasteiger partial charge in [-0.2, -0.15) is 5.10 Å². The van der Waals surface area contributed by atoms with E-state index in [0.29, 0.717) is 12.8 Å². The molecule has 5 heteroatoms. The Morgan fingerprint density at radius 1 is 1.53 bits per heavy atom. The molecule has 1 aromatic heterocycles. The summed E-state index contributed by atoms with van der Waals surface area (Å²) in [5.41, 5.74) is 1.03. The number of benzene rings is 1. The van der Waals surface area contributed by atoms with Gasteiger partial charge in [0.15, 0.2) is 17.7 Å². The van der Waals surface area contributed by atoms with Crippen LogP contribution in [0.15, 0.2) is 30.5 Å². The van der Waals surface area contributed by atoms with Crippen LogP contribution in [-0.4, -0.2) is 28.3 Å². The van der Waals surface area contributed by atoms with Gasteiger partial charge in [0, 0.05) is 0 Å². The maximum absolute atomic E-state index is 10.5. The van der Waals surface area contributed by atoms with Crippen molar-refractivity contribution in [1.29, 1.82) is 0 Å². The van der Waals surface area contributed by atoms with Crippen LogP contribution >= 0.6 is 0 Å². The van der Waals surface area contributed by atoms with Gasteiger partial charge in [-0.15, -0.1) is 0 Å². The highest BCUT2D eigenvalue weighted by atomic mass is 16.5. The maximum Gasteiger partial charge on any atom is 0.174 e. The van der Waals surface area contributed by atoms with E-state index < -0.39 is 0 Å². The lowest BCUT2D eigenvalue weighted by molar-refractivity contribution is 0.111.